The van der Waals surface area contributed by atoms with Gasteiger partial charge in [-0.15, -0.1) is 0 Å². The fraction of sp³-hybridized carbons (Fsp3) is 0.250. The van der Waals surface area contributed by atoms with Crippen molar-refractivity contribution in [3.63, 3.8) is 0 Å². The van der Waals surface area contributed by atoms with Crippen LogP contribution in [0.3, 0.4) is 0 Å². The van der Waals surface area contributed by atoms with Crippen LogP contribution >= 0.6 is 0 Å². The molecule has 0 radical (unpaired) electrons. The number of hydrogen-bond donors (Lipinski definition) is 1. The molecule has 4 aromatic carbocycles. The molecule has 1 heterocycles. The zero-order chi connectivity index (χ0) is 31.8. The van der Waals surface area contributed by atoms with Gasteiger partial charge in [-0.1, -0.05) is 55.5 Å². The van der Waals surface area contributed by atoms with Crippen molar-refractivity contribution >= 4 is 17.9 Å². The van der Waals surface area contributed by atoms with Gasteiger partial charge in [0.15, 0.2) is 0 Å². The van der Waals surface area contributed by atoms with E-state index in [0.717, 1.165) is 16.7 Å². The highest BCUT2D eigenvalue weighted by Gasteiger charge is 2.40. The molecule has 2 atom stereocenters. The highest BCUT2D eigenvalue weighted by Crippen LogP contribution is 2.27. The Labute approximate surface area is 261 Å². The van der Waals surface area contributed by atoms with Crippen LogP contribution in [-0.2, 0) is 28.9 Å². The summed E-state index contributed by atoms with van der Waals surface area (Å²) < 4.78 is 29.6. The van der Waals surface area contributed by atoms with Gasteiger partial charge in [0.25, 0.3) is 5.91 Å². The van der Waals surface area contributed by atoms with E-state index in [2.05, 4.69) is 5.32 Å². The first-order valence-electron chi connectivity index (χ1n) is 14.9. The fourth-order valence-corrected chi connectivity index (χ4v) is 5.31. The van der Waals surface area contributed by atoms with Crippen LogP contribution in [0.5, 0.6) is 17.2 Å². The minimum absolute atomic E-state index is 0.159. The maximum Gasteiger partial charge on any atom is 0.416 e. The molecule has 45 heavy (non-hydrogen) atoms. The van der Waals surface area contributed by atoms with Crippen molar-refractivity contribution in [2.45, 2.75) is 38.8 Å². The number of halogens is 1. The highest BCUT2D eigenvalue weighted by atomic mass is 19.1. The van der Waals surface area contributed by atoms with Crippen molar-refractivity contribution in [3.05, 3.63) is 125 Å². The summed E-state index contributed by atoms with van der Waals surface area (Å²) in [5.74, 6) is 0.0815. The SMILES string of the molecule is CC[C@H](Cc1ccc(OC)c(C(=O)NCc2ccc(Oc3ccc(F)cc3)cc2)c1)C(=O)N1C(=O)OC[C@@H]1Cc1ccccc1. The lowest BCUT2D eigenvalue weighted by atomic mass is 9.93. The Balaban J connectivity index is 1.23. The van der Waals surface area contributed by atoms with E-state index in [1.807, 2.05) is 55.5 Å². The van der Waals surface area contributed by atoms with Crippen LogP contribution in [0.2, 0.25) is 0 Å². The third kappa shape index (κ3) is 7.86. The average Bonchev–Trinajstić information content (AvgIpc) is 3.43. The second kappa shape index (κ2) is 14.5. The van der Waals surface area contributed by atoms with Crippen LogP contribution in [0.4, 0.5) is 9.18 Å². The molecule has 9 heteroatoms. The number of ether oxygens (including phenoxy) is 3. The molecule has 8 nitrogen and oxygen atoms in total. The van der Waals surface area contributed by atoms with Gasteiger partial charge in [-0.2, -0.15) is 0 Å². The van der Waals surface area contributed by atoms with Crippen molar-refractivity contribution in [3.8, 4) is 17.2 Å². The summed E-state index contributed by atoms with van der Waals surface area (Å²) in [5.41, 5.74) is 2.99. The quantitative estimate of drug-likeness (QED) is 0.192. The number of carbonyl (C=O) groups is 3. The lowest BCUT2D eigenvalue weighted by Gasteiger charge is -2.24. The Morgan fingerprint density at radius 3 is 2.27 bits per heavy atom. The van der Waals surface area contributed by atoms with Crippen molar-refractivity contribution in [2.24, 2.45) is 5.92 Å². The summed E-state index contributed by atoms with van der Waals surface area (Å²) >= 11 is 0. The van der Waals surface area contributed by atoms with Crippen LogP contribution in [0.15, 0.2) is 97.1 Å². The minimum atomic E-state index is -0.621. The number of cyclic esters (lactones) is 1. The molecule has 5 rings (SSSR count). The van der Waals surface area contributed by atoms with Gasteiger partial charge in [0.2, 0.25) is 5.91 Å². The van der Waals surface area contributed by atoms with E-state index in [0.29, 0.717) is 42.1 Å². The monoisotopic (exact) mass is 610 g/mol. The summed E-state index contributed by atoms with van der Waals surface area (Å²) in [5, 5.41) is 2.92. The Bertz CT molecular complexity index is 1630. The molecular formula is C36H35FN2O6. The molecule has 3 amide bonds. The first-order valence-corrected chi connectivity index (χ1v) is 14.9. The molecule has 1 N–H and O–H groups in total. The molecule has 1 saturated heterocycles. The van der Waals surface area contributed by atoms with Crippen LogP contribution < -0.4 is 14.8 Å². The standard InChI is InChI=1S/C36H35FN2O6/c1-3-27(35(41)39-29(23-44-36(39)42)20-24-7-5-4-6-8-24)19-26-11-18-33(43-2)32(21-26)34(40)38-22-25-9-14-30(15-10-25)45-31-16-12-28(37)13-17-31/h4-18,21,27,29H,3,19-20,22-23H2,1-2H3,(H,38,40)/t27-,29+/m1/s1. The Hall–Kier alpha value is -5.18. The van der Waals surface area contributed by atoms with E-state index in [-0.39, 0.29) is 36.8 Å². The second-order valence-electron chi connectivity index (χ2n) is 10.9. The molecular weight excluding hydrogens is 575 g/mol. The van der Waals surface area contributed by atoms with Crippen LogP contribution in [0.1, 0.15) is 40.4 Å². The molecule has 1 fully saturated rings. The van der Waals surface area contributed by atoms with Crippen LogP contribution in [-0.4, -0.2) is 42.6 Å². The maximum absolute atomic E-state index is 13.6. The van der Waals surface area contributed by atoms with E-state index < -0.39 is 12.0 Å². The Morgan fingerprint density at radius 2 is 1.60 bits per heavy atom. The number of benzene rings is 4. The number of amides is 3. The van der Waals surface area contributed by atoms with Gasteiger partial charge < -0.3 is 19.5 Å². The smallest absolute Gasteiger partial charge is 0.416 e. The van der Waals surface area contributed by atoms with Crippen molar-refractivity contribution in [2.75, 3.05) is 13.7 Å². The average molecular weight is 611 g/mol. The summed E-state index contributed by atoms with van der Waals surface area (Å²) in [4.78, 5) is 40.8. The molecule has 4 aromatic rings. The van der Waals surface area contributed by atoms with Gasteiger partial charge in [0.1, 0.15) is 29.7 Å². The number of methoxy groups -OCH3 is 1. The molecule has 1 aliphatic heterocycles. The number of carbonyl (C=O) groups excluding carboxylic acids is 3. The predicted molar refractivity (Wildman–Crippen MR) is 167 cm³/mol. The van der Waals surface area contributed by atoms with E-state index in [4.69, 9.17) is 14.2 Å². The third-order valence-corrected chi connectivity index (χ3v) is 7.77. The van der Waals surface area contributed by atoms with E-state index >= 15 is 0 Å². The van der Waals surface area contributed by atoms with Crippen molar-refractivity contribution < 1.29 is 33.0 Å². The Morgan fingerprint density at radius 1 is 0.933 bits per heavy atom. The van der Waals surface area contributed by atoms with Crippen LogP contribution in [0.25, 0.3) is 0 Å². The number of rotatable bonds is 12. The van der Waals surface area contributed by atoms with Gasteiger partial charge in [-0.25, -0.2) is 14.1 Å². The van der Waals surface area contributed by atoms with Gasteiger partial charge in [-0.3, -0.25) is 9.59 Å². The maximum atomic E-state index is 13.6. The summed E-state index contributed by atoms with van der Waals surface area (Å²) in [6.07, 6.45) is 0.752. The summed E-state index contributed by atoms with van der Waals surface area (Å²) in [7, 11) is 1.50. The molecule has 0 aliphatic carbocycles. The van der Waals surface area contributed by atoms with Gasteiger partial charge in [0, 0.05) is 12.5 Å². The van der Waals surface area contributed by atoms with E-state index in [9.17, 15) is 18.8 Å². The molecule has 0 bridgehead atoms. The first-order chi connectivity index (χ1) is 21.8. The lowest BCUT2D eigenvalue weighted by Crippen LogP contribution is -2.44. The summed E-state index contributed by atoms with van der Waals surface area (Å²) in [6, 6.07) is 27.6. The largest absolute Gasteiger partial charge is 0.496 e. The number of imide groups is 1. The van der Waals surface area contributed by atoms with Gasteiger partial charge in [-0.05, 0) is 84.5 Å². The molecule has 0 spiro atoms. The predicted octanol–water partition coefficient (Wildman–Crippen LogP) is 6.72. The van der Waals surface area contributed by atoms with Crippen LogP contribution in [0, 0.1) is 11.7 Å². The second-order valence-corrected chi connectivity index (χ2v) is 10.9. The number of nitrogens with zero attached hydrogens (tertiary/aromatic N) is 1. The minimum Gasteiger partial charge on any atom is -0.496 e. The molecule has 232 valence electrons. The molecule has 0 saturated carbocycles. The normalized spacial score (nSPS) is 14.9. The summed E-state index contributed by atoms with van der Waals surface area (Å²) in [6.45, 7) is 2.33. The van der Waals surface area contributed by atoms with Gasteiger partial charge >= 0.3 is 6.09 Å². The topological polar surface area (TPSA) is 94.2 Å². The highest BCUT2D eigenvalue weighted by molar-refractivity contribution is 5.97. The zero-order valence-electron chi connectivity index (χ0n) is 25.2. The van der Waals surface area contributed by atoms with E-state index in [1.54, 1.807) is 36.4 Å². The fourth-order valence-electron chi connectivity index (χ4n) is 5.31. The number of nitrogens with one attached hydrogen (secondary N) is 1. The molecule has 1 aliphatic rings. The van der Waals surface area contributed by atoms with Crippen molar-refractivity contribution in [1.82, 2.24) is 10.2 Å². The Kier molecular flexibility index (Phi) is 10.1. The molecule has 0 aromatic heterocycles. The zero-order valence-corrected chi connectivity index (χ0v) is 25.2. The number of hydrogen-bond acceptors (Lipinski definition) is 6. The van der Waals surface area contributed by atoms with Gasteiger partial charge in [0.05, 0.1) is 18.7 Å². The third-order valence-electron chi connectivity index (χ3n) is 7.77. The van der Waals surface area contributed by atoms with Crippen molar-refractivity contribution in [1.29, 1.82) is 0 Å². The first kappa shape index (κ1) is 31.3. The van der Waals surface area contributed by atoms with E-state index in [1.165, 1.54) is 24.1 Å². The lowest BCUT2D eigenvalue weighted by molar-refractivity contribution is -0.133. The molecule has 0 unspecified atom stereocenters.